The maximum absolute atomic E-state index is 13.6. The molecule has 1 fully saturated rings. The van der Waals surface area contributed by atoms with Gasteiger partial charge in [0, 0.05) is 28.6 Å². The number of benzene rings is 2. The molecule has 1 aliphatic carbocycles. The van der Waals surface area contributed by atoms with E-state index >= 15 is 0 Å². The van der Waals surface area contributed by atoms with Crippen LogP contribution < -0.4 is 10.5 Å². The van der Waals surface area contributed by atoms with Gasteiger partial charge in [-0.3, -0.25) is 5.10 Å². The zero-order chi connectivity index (χ0) is 27.1. The summed E-state index contributed by atoms with van der Waals surface area (Å²) in [4.78, 5) is 16.7. The first-order valence-electron chi connectivity index (χ1n) is 12.5. The minimum Gasteiger partial charge on any atom is -0.446 e. The lowest BCUT2D eigenvalue weighted by Crippen LogP contribution is -2.40. The summed E-state index contributed by atoms with van der Waals surface area (Å²) in [5.41, 5.74) is 7.69. The Bertz CT molecular complexity index is 1580. The highest BCUT2D eigenvalue weighted by atomic mass is 32.2. The fraction of sp³-hybridized carbons (Fsp3) is 0.370. The van der Waals surface area contributed by atoms with E-state index in [2.05, 4.69) is 19.9 Å². The number of thiazole rings is 1. The van der Waals surface area contributed by atoms with Gasteiger partial charge in [0.15, 0.2) is 0 Å². The number of rotatable bonds is 6. The number of nitrogens with zero attached hydrogens (tertiary/aromatic N) is 2. The number of nitrogens with one attached hydrogen (secondary N) is 2. The van der Waals surface area contributed by atoms with Gasteiger partial charge in [-0.25, -0.2) is 22.9 Å². The van der Waals surface area contributed by atoms with Crippen LogP contribution in [0.1, 0.15) is 57.4 Å². The topological polar surface area (TPSA) is 140 Å². The van der Waals surface area contributed by atoms with Gasteiger partial charge < -0.3 is 10.5 Å². The van der Waals surface area contributed by atoms with Crippen molar-refractivity contribution in [1.82, 2.24) is 19.9 Å². The molecule has 0 bridgehead atoms. The number of hydrogen-bond acceptors (Lipinski definition) is 7. The highest BCUT2D eigenvalue weighted by Gasteiger charge is 2.29. The number of sulfonamides is 1. The molecule has 5 rings (SSSR count). The van der Waals surface area contributed by atoms with Crippen LogP contribution in [0.5, 0.6) is 0 Å². The number of nitrogens with two attached hydrogens (primary N) is 1. The summed E-state index contributed by atoms with van der Waals surface area (Å²) in [6.45, 7) is 5.47. The average Bonchev–Trinajstić information content (AvgIpc) is 3.52. The summed E-state index contributed by atoms with van der Waals surface area (Å²) in [6, 6.07) is 11.4. The number of hydrogen-bond donors (Lipinski definition) is 3. The number of H-pyrrole nitrogens is 1. The molecule has 0 spiro atoms. The molecule has 0 aliphatic heterocycles. The van der Waals surface area contributed by atoms with Gasteiger partial charge in [0.05, 0.1) is 26.5 Å². The SMILES string of the molecule is CC(C)(C)NS(=O)(=O)c1cc(-c2ccc3cn[nH]c3c2)ccc1-c1cnc(C2CCC(OC(N)=O)CC2)s1. The van der Waals surface area contributed by atoms with Crippen molar-refractivity contribution in [2.75, 3.05) is 0 Å². The number of amides is 1. The van der Waals surface area contributed by atoms with Gasteiger partial charge in [0.25, 0.3) is 0 Å². The lowest BCUT2D eigenvalue weighted by atomic mass is 9.88. The summed E-state index contributed by atoms with van der Waals surface area (Å²) < 4.78 is 35.2. The third-order valence-corrected chi connectivity index (χ3v) is 9.57. The summed E-state index contributed by atoms with van der Waals surface area (Å²) in [6.07, 6.45) is 5.73. The van der Waals surface area contributed by atoms with Crippen molar-refractivity contribution >= 4 is 38.4 Å². The van der Waals surface area contributed by atoms with E-state index in [1.807, 2.05) is 51.1 Å². The molecule has 1 aliphatic rings. The quantitative estimate of drug-likeness (QED) is 0.286. The molecule has 1 saturated carbocycles. The molecular formula is C27H31N5O4S2. The molecule has 0 unspecified atom stereocenters. The Morgan fingerprint density at radius 3 is 2.50 bits per heavy atom. The molecule has 2 aromatic carbocycles. The fourth-order valence-corrected chi connectivity index (χ4v) is 7.75. The van der Waals surface area contributed by atoms with Gasteiger partial charge in [-0.15, -0.1) is 11.3 Å². The van der Waals surface area contributed by atoms with Crippen LogP contribution in [0, 0.1) is 0 Å². The second kappa shape index (κ2) is 10.1. The maximum atomic E-state index is 13.6. The predicted molar refractivity (Wildman–Crippen MR) is 148 cm³/mol. The van der Waals surface area contributed by atoms with E-state index < -0.39 is 21.7 Å². The van der Waals surface area contributed by atoms with Crippen molar-refractivity contribution in [3.63, 3.8) is 0 Å². The minimum absolute atomic E-state index is 0.156. The number of aromatic amines is 1. The Hall–Kier alpha value is -3.28. The van der Waals surface area contributed by atoms with Gasteiger partial charge in [-0.2, -0.15) is 5.10 Å². The zero-order valence-electron chi connectivity index (χ0n) is 21.5. The molecule has 0 radical (unpaired) electrons. The average molecular weight is 554 g/mol. The van der Waals surface area contributed by atoms with Crippen LogP contribution in [0.2, 0.25) is 0 Å². The van der Waals surface area contributed by atoms with Crippen molar-refractivity contribution < 1.29 is 17.9 Å². The molecule has 1 amide bonds. The second-order valence-corrected chi connectivity index (χ2v) is 13.4. The van der Waals surface area contributed by atoms with E-state index in [0.29, 0.717) is 5.56 Å². The van der Waals surface area contributed by atoms with E-state index in [4.69, 9.17) is 10.5 Å². The highest BCUT2D eigenvalue weighted by molar-refractivity contribution is 7.89. The molecule has 200 valence electrons. The maximum Gasteiger partial charge on any atom is 0.404 e. The number of carbonyl (C=O) groups excluding carboxylic acids is 1. The van der Waals surface area contributed by atoms with E-state index in [1.165, 1.54) is 11.3 Å². The summed E-state index contributed by atoms with van der Waals surface area (Å²) in [5, 5.41) is 8.99. The van der Waals surface area contributed by atoms with Gasteiger partial charge in [-0.1, -0.05) is 24.3 Å². The van der Waals surface area contributed by atoms with Crippen molar-refractivity contribution in [2.24, 2.45) is 5.73 Å². The number of aromatic nitrogens is 3. The zero-order valence-corrected chi connectivity index (χ0v) is 23.2. The molecule has 11 heteroatoms. The normalized spacial score (nSPS) is 18.5. The molecule has 0 saturated heterocycles. The lowest BCUT2D eigenvalue weighted by Gasteiger charge is -2.26. The van der Waals surface area contributed by atoms with Crippen LogP contribution in [-0.4, -0.2) is 41.3 Å². The standard InChI is InChI=1S/C27H31N5O4S2/c1-27(2,3)32-38(34,35)24-13-18(17-4-5-19-14-30-31-22(19)12-17)8-11-21(24)23-15-29-25(37-23)16-6-9-20(10-7-16)36-26(28)33/h4-5,8,11-16,20,32H,6-7,9-10H2,1-3H3,(H2,28,33)(H,30,31). The van der Waals surface area contributed by atoms with Crippen LogP contribution in [0.15, 0.2) is 53.7 Å². The van der Waals surface area contributed by atoms with Crippen LogP contribution in [0.4, 0.5) is 4.79 Å². The first kappa shape index (κ1) is 26.3. The molecule has 4 aromatic rings. The molecule has 0 atom stereocenters. The Labute approximate surface area is 225 Å². The largest absolute Gasteiger partial charge is 0.446 e. The lowest BCUT2D eigenvalue weighted by molar-refractivity contribution is 0.0787. The molecular weight excluding hydrogens is 522 g/mol. The molecule has 2 heterocycles. The number of carbonyl (C=O) groups is 1. The number of ether oxygens (including phenoxy) is 1. The van der Waals surface area contributed by atoms with Crippen LogP contribution in [0.3, 0.4) is 0 Å². The number of primary amides is 1. The molecule has 4 N–H and O–H groups in total. The monoisotopic (exact) mass is 553 g/mol. The van der Waals surface area contributed by atoms with E-state index in [0.717, 1.165) is 57.6 Å². The smallest absolute Gasteiger partial charge is 0.404 e. The van der Waals surface area contributed by atoms with Crippen LogP contribution in [-0.2, 0) is 14.8 Å². The van der Waals surface area contributed by atoms with E-state index in [9.17, 15) is 13.2 Å². The van der Waals surface area contributed by atoms with Gasteiger partial charge >= 0.3 is 6.09 Å². The van der Waals surface area contributed by atoms with Crippen molar-refractivity contribution in [3.8, 4) is 21.6 Å². The summed E-state index contributed by atoms with van der Waals surface area (Å²) >= 11 is 1.51. The van der Waals surface area contributed by atoms with Gasteiger partial charge in [-0.05, 0) is 69.7 Å². The minimum atomic E-state index is -3.84. The summed E-state index contributed by atoms with van der Waals surface area (Å²) in [5.74, 6) is 0.231. The molecule has 2 aromatic heterocycles. The Balaban J connectivity index is 1.50. The van der Waals surface area contributed by atoms with Crippen molar-refractivity contribution in [1.29, 1.82) is 0 Å². The third kappa shape index (κ3) is 5.74. The first-order chi connectivity index (χ1) is 18.0. The Morgan fingerprint density at radius 2 is 1.79 bits per heavy atom. The molecule has 38 heavy (non-hydrogen) atoms. The Morgan fingerprint density at radius 1 is 1.08 bits per heavy atom. The predicted octanol–water partition coefficient (Wildman–Crippen LogP) is 5.55. The van der Waals surface area contributed by atoms with E-state index in [1.54, 1.807) is 18.5 Å². The van der Waals surface area contributed by atoms with E-state index in [-0.39, 0.29) is 16.9 Å². The van der Waals surface area contributed by atoms with Gasteiger partial charge in [0.2, 0.25) is 10.0 Å². The number of fused-ring (bicyclic) bond motifs is 1. The van der Waals surface area contributed by atoms with Crippen LogP contribution >= 0.6 is 11.3 Å². The highest BCUT2D eigenvalue weighted by Crippen LogP contribution is 2.41. The van der Waals surface area contributed by atoms with Crippen LogP contribution in [0.25, 0.3) is 32.5 Å². The van der Waals surface area contributed by atoms with Crippen molar-refractivity contribution in [2.45, 2.75) is 68.9 Å². The van der Waals surface area contributed by atoms with Gasteiger partial charge in [0.1, 0.15) is 6.10 Å². The van der Waals surface area contributed by atoms with Crippen molar-refractivity contribution in [3.05, 3.63) is 53.8 Å². The summed E-state index contributed by atoms with van der Waals surface area (Å²) in [7, 11) is -3.84. The molecule has 9 nitrogen and oxygen atoms in total. The third-order valence-electron chi connectivity index (χ3n) is 6.58. The second-order valence-electron chi connectivity index (χ2n) is 10.7. The first-order valence-corrected chi connectivity index (χ1v) is 14.8. The fourth-order valence-electron chi connectivity index (χ4n) is 4.90. The Kier molecular flexibility index (Phi) is 7.01.